The largest absolute Gasteiger partial charge is 0.354 e. The predicted molar refractivity (Wildman–Crippen MR) is 90.8 cm³/mol. The monoisotopic (exact) mass is 297 g/mol. The van der Waals surface area contributed by atoms with Crippen LogP contribution >= 0.6 is 0 Å². The van der Waals surface area contributed by atoms with E-state index in [-0.39, 0.29) is 0 Å². The summed E-state index contributed by atoms with van der Waals surface area (Å²) in [5.41, 5.74) is 2.35. The SMILES string of the molecule is CCc1ccc(Nc2nccc(N3CCN(C)CC3)n2)cc1. The van der Waals surface area contributed by atoms with Crippen LogP contribution in [0.15, 0.2) is 36.5 Å². The molecule has 0 bridgehead atoms. The third kappa shape index (κ3) is 3.54. The summed E-state index contributed by atoms with van der Waals surface area (Å²) in [6, 6.07) is 10.4. The molecule has 1 aliphatic rings. The minimum atomic E-state index is 0.653. The Morgan fingerprint density at radius 1 is 1.05 bits per heavy atom. The summed E-state index contributed by atoms with van der Waals surface area (Å²) in [4.78, 5) is 13.6. The van der Waals surface area contributed by atoms with Crippen molar-refractivity contribution in [1.82, 2.24) is 14.9 Å². The lowest BCUT2D eigenvalue weighted by Gasteiger charge is -2.33. The van der Waals surface area contributed by atoms with Crippen LogP contribution in [-0.4, -0.2) is 48.1 Å². The Morgan fingerprint density at radius 2 is 1.77 bits per heavy atom. The number of anilines is 3. The van der Waals surface area contributed by atoms with Crippen LogP contribution in [0, 0.1) is 0 Å². The Labute approximate surface area is 132 Å². The summed E-state index contributed by atoms with van der Waals surface area (Å²) in [6.45, 7) is 6.33. The first-order valence-electron chi connectivity index (χ1n) is 7.87. The van der Waals surface area contributed by atoms with Gasteiger partial charge in [-0.15, -0.1) is 0 Å². The Balaban J connectivity index is 1.70. The zero-order chi connectivity index (χ0) is 15.4. The highest BCUT2D eigenvalue weighted by molar-refractivity contribution is 5.55. The molecule has 1 aromatic carbocycles. The van der Waals surface area contributed by atoms with Gasteiger partial charge < -0.3 is 15.1 Å². The van der Waals surface area contributed by atoms with E-state index in [1.165, 1.54) is 5.56 Å². The molecule has 3 rings (SSSR count). The van der Waals surface area contributed by atoms with E-state index in [9.17, 15) is 0 Å². The number of piperazine rings is 1. The first-order valence-corrected chi connectivity index (χ1v) is 7.87. The standard InChI is InChI=1S/C17H23N5/c1-3-14-4-6-15(7-5-14)19-17-18-9-8-16(20-17)22-12-10-21(2)11-13-22/h4-9H,3,10-13H2,1-2H3,(H,18,19,20). The summed E-state index contributed by atoms with van der Waals surface area (Å²) in [5.74, 6) is 1.65. The average Bonchev–Trinajstić information content (AvgIpc) is 2.56. The van der Waals surface area contributed by atoms with Crippen LogP contribution in [-0.2, 0) is 6.42 Å². The molecule has 0 saturated carbocycles. The maximum Gasteiger partial charge on any atom is 0.229 e. The van der Waals surface area contributed by atoms with Crippen LogP contribution in [0.5, 0.6) is 0 Å². The van der Waals surface area contributed by atoms with Crippen molar-refractivity contribution in [2.75, 3.05) is 43.4 Å². The molecule has 1 aromatic heterocycles. The first-order chi connectivity index (χ1) is 10.7. The fourth-order valence-electron chi connectivity index (χ4n) is 2.57. The summed E-state index contributed by atoms with van der Waals surface area (Å²) < 4.78 is 0. The third-order valence-electron chi connectivity index (χ3n) is 4.09. The van der Waals surface area contributed by atoms with Crippen molar-refractivity contribution >= 4 is 17.5 Å². The van der Waals surface area contributed by atoms with Gasteiger partial charge in [-0.2, -0.15) is 4.98 Å². The first kappa shape index (κ1) is 14.8. The molecule has 5 nitrogen and oxygen atoms in total. The number of aryl methyl sites for hydroxylation is 1. The lowest BCUT2D eigenvalue weighted by atomic mass is 10.1. The summed E-state index contributed by atoms with van der Waals surface area (Å²) in [7, 11) is 2.16. The molecule has 5 heteroatoms. The summed E-state index contributed by atoms with van der Waals surface area (Å²) in [5, 5.41) is 3.28. The number of hydrogen-bond donors (Lipinski definition) is 1. The minimum absolute atomic E-state index is 0.653. The van der Waals surface area contributed by atoms with Crippen LogP contribution in [0.2, 0.25) is 0 Å². The molecule has 22 heavy (non-hydrogen) atoms. The van der Waals surface area contributed by atoms with Gasteiger partial charge in [-0.25, -0.2) is 4.98 Å². The molecule has 0 unspecified atom stereocenters. The smallest absolute Gasteiger partial charge is 0.229 e. The van der Waals surface area contributed by atoms with E-state index < -0.39 is 0 Å². The fraction of sp³-hybridized carbons (Fsp3) is 0.412. The van der Waals surface area contributed by atoms with Crippen molar-refractivity contribution in [3.8, 4) is 0 Å². The van der Waals surface area contributed by atoms with Crippen molar-refractivity contribution in [1.29, 1.82) is 0 Å². The fourth-order valence-corrected chi connectivity index (χ4v) is 2.57. The highest BCUT2D eigenvalue weighted by atomic mass is 15.3. The van der Waals surface area contributed by atoms with Crippen molar-refractivity contribution in [2.45, 2.75) is 13.3 Å². The average molecular weight is 297 g/mol. The molecule has 1 fully saturated rings. The van der Waals surface area contributed by atoms with E-state index in [1.54, 1.807) is 0 Å². The number of aromatic nitrogens is 2. The highest BCUT2D eigenvalue weighted by Crippen LogP contribution is 2.18. The highest BCUT2D eigenvalue weighted by Gasteiger charge is 2.15. The maximum atomic E-state index is 4.64. The number of hydrogen-bond acceptors (Lipinski definition) is 5. The minimum Gasteiger partial charge on any atom is -0.354 e. The van der Waals surface area contributed by atoms with E-state index >= 15 is 0 Å². The molecule has 0 aliphatic carbocycles. The molecule has 1 aliphatic heterocycles. The van der Waals surface area contributed by atoms with E-state index in [1.807, 2.05) is 12.3 Å². The maximum absolute atomic E-state index is 4.64. The summed E-state index contributed by atoms with van der Waals surface area (Å²) >= 11 is 0. The molecule has 1 N–H and O–H groups in total. The van der Waals surface area contributed by atoms with E-state index in [0.29, 0.717) is 5.95 Å². The Kier molecular flexibility index (Phi) is 4.53. The van der Waals surface area contributed by atoms with Crippen molar-refractivity contribution in [3.63, 3.8) is 0 Å². The summed E-state index contributed by atoms with van der Waals surface area (Å²) in [6.07, 6.45) is 2.87. The number of rotatable bonds is 4. The van der Waals surface area contributed by atoms with Crippen LogP contribution in [0.4, 0.5) is 17.5 Å². The normalized spacial score (nSPS) is 15.8. The third-order valence-corrected chi connectivity index (χ3v) is 4.09. The van der Waals surface area contributed by atoms with E-state index in [2.05, 4.69) is 63.3 Å². The molecule has 0 radical (unpaired) electrons. The molecule has 0 spiro atoms. The van der Waals surface area contributed by atoms with Gasteiger partial charge >= 0.3 is 0 Å². The Hall–Kier alpha value is -2.14. The second kappa shape index (κ2) is 6.75. The lowest BCUT2D eigenvalue weighted by Crippen LogP contribution is -2.44. The van der Waals surface area contributed by atoms with Crippen LogP contribution in [0.1, 0.15) is 12.5 Å². The number of nitrogens with one attached hydrogen (secondary N) is 1. The topological polar surface area (TPSA) is 44.3 Å². The molecular formula is C17H23N5. The predicted octanol–water partition coefficient (Wildman–Crippen LogP) is 2.53. The molecule has 1 saturated heterocycles. The van der Waals surface area contributed by atoms with Gasteiger partial charge in [0.1, 0.15) is 5.82 Å². The second-order valence-corrected chi connectivity index (χ2v) is 5.70. The van der Waals surface area contributed by atoms with Crippen LogP contribution in [0.25, 0.3) is 0 Å². The van der Waals surface area contributed by atoms with Crippen LogP contribution < -0.4 is 10.2 Å². The van der Waals surface area contributed by atoms with Crippen LogP contribution in [0.3, 0.4) is 0 Å². The number of nitrogens with zero attached hydrogens (tertiary/aromatic N) is 4. The molecule has 0 atom stereocenters. The lowest BCUT2D eigenvalue weighted by molar-refractivity contribution is 0.312. The molecular weight excluding hydrogens is 274 g/mol. The zero-order valence-corrected chi connectivity index (χ0v) is 13.3. The van der Waals surface area contributed by atoms with Crippen molar-refractivity contribution in [3.05, 3.63) is 42.1 Å². The number of benzene rings is 1. The van der Waals surface area contributed by atoms with Gasteiger partial charge in [-0.3, -0.25) is 0 Å². The van der Waals surface area contributed by atoms with Gasteiger partial charge in [0, 0.05) is 38.1 Å². The van der Waals surface area contributed by atoms with Crippen molar-refractivity contribution < 1.29 is 0 Å². The van der Waals surface area contributed by atoms with Gasteiger partial charge in [0.25, 0.3) is 0 Å². The molecule has 2 heterocycles. The quantitative estimate of drug-likeness (QED) is 0.939. The second-order valence-electron chi connectivity index (χ2n) is 5.70. The van der Waals surface area contributed by atoms with Gasteiger partial charge in [0.2, 0.25) is 5.95 Å². The van der Waals surface area contributed by atoms with E-state index in [0.717, 1.165) is 44.1 Å². The Bertz CT molecular complexity index is 603. The van der Waals surface area contributed by atoms with Gasteiger partial charge in [0.05, 0.1) is 0 Å². The molecule has 0 amide bonds. The van der Waals surface area contributed by atoms with Crippen molar-refractivity contribution in [2.24, 2.45) is 0 Å². The molecule has 2 aromatic rings. The molecule has 116 valence electrons. The van der Waals surface area contributed by atoms with Gasteiger partial charge in [-0.1, -0.05) is 19.1 Å². The van der Waals surface area contributed by atoms with E-state index in [4.69, 9.17) is 0 Å². The van der Waals surface area contributed by atoms with Gasteiger partial charge in [-0.05, 0) is 37.2 Å². The zero-order valence-electron chi connectivity index (χ0n) is 13.3. The van der Waals surface area contributed by atoms with Gasteiger partial charge in [0.15, 0.2) is 0 Å². The number of likely N-dealkylation sites (N-methyl/N-ethyl adjacent to an activating group) is 1. The Morgan fingerprint density at radius 3 is 2.45 bits per heavy atom.